The van der Waals surface area contributed by atoms with Crippen LogP contribution in [0.3, 0.4) is 0 Å². The molecule has 2 aromatic carbocycles. The number of carbonyl (C=O) groups excluding carboxylic acids is 1. The molecule has 7 nitrogen and oxygen atoms in total. The number of anilines is 2. The first-order valence-corrected chi connectivity index (χ1v) is 12.9. The average Bonchev–Trinajstić information content (AvgIpc) is 3.75. The Hall–Kier alpha value is -3.66. The number of rotatable bonds is 7. The van der Waals surface area contributed by atoms with Gasteiger partial charge >= 0.3 is 12.1 Å². The fraction of sp³-hybridized carbons (Fsp3) is 0.393. The van der Waals surface area contributed by atoms with Gasteiger partial charge in [-0.15, -0.1) is 0 Å². The molecule has 2 fully saturated rings. The van der Waals surface area contributed by atoms with E-state index < -0.39 is 23.7 Å². The number of piperidine rings is 1. The van der Waals surface area contributed by atoms with Gasteiger partial charge in [-0.2, -0.15) is 13.2 Å². The second-order valence-corrected chi connectivity index (χ2v) is 9.95. The first kappa shape index (κ1) is 26.0. The lowest BCUT2D eigenvalue weighted by Crippen LogP contribution is -2.42. The largest absolute Gasteiger partial charge is 0.471 e. The van der Waals surface area contributed by atoms with Crippen LogP contribution in [0.5, 0.6) is 0 Å². The van der Waals surface area contributed by atoms with Crippen LogP contribution >= 0.6 is 0 Å². The van der Waals surface area contributed by atoms with Gasteiger partial charge in [0.15, 0.2) is 5.82 Å². The fourth-order valence-electron chi connectivity index (χ4n) is 5.13. The number of hydrogen-bond acceptors (Lipinski definition) is 5. The molecule has 1 aliphatic carbocycles. The number of alkyl halides is 3. The number of nitrogens with one attached hydrogen (secondary N) is 2. The minimum absolute atomic E-state index is 0.116. The zero-order valence-corrected chi connectivity index (χ0v) is 21.0. The van der Waals surface area contributed by atoms with Crippen LogP contribution in [-0.4, -0.2) is 40.8 Å². The van der Waals surface area contributed by atoms with Crippen molar-refractivity contribution >= 4 is 17.4 Å². The maximum Gasteiger partial charge on any atom is 0.471 e. The van der Waals surface area contributed by atoms with Crippen molar-refractivity contribution in [1.82, 2.24) is 14.9 Å². The van der Waals surface area contributed by atoms with Crippen molar-refractivity contribution < 1.29 is 18.0 Å². The molecule has 2 N–H and O–H groups in total. The number of benzene rings is 2. The molecule has 1 atom stereocenters. The number of aromatic nitrogens is 2. The summed E-state index contributed by atoms with van der Waals surface area (Å²) >= 11 is 0. The fourth-order valence-corrected chi connectivity index (χ4v) is 5.13. The monoisotopic (exact) mass is 525 g/mol. The van der Waals surface area contributed by atoms with Crippen LogP contribution in [0.15, 0.2) is 65.7 Å². The number of aryl methyl sites for hydroxylation is 1. The van der Waals surface area contributed by atoms with E-state index in [1.165, 1.54) is 29.1 Å². The minimum Gasteiger partial charge on any atom is -0.358 e. The number of nitrogens with zero attached hydrogens (tertiary/aromatic N) is 3. The molecular weight excluding hydrogens is 495 g/mol. The van der Waals surface area contributed by atoms with Crippen LogP contribution in [0.4, 0.5) is 24.7 Å². The van der Waals surface area contributed by atoms with Crippen molar-refractivity contribution in [2.75, 3.05) is 23.3 Å². The van der Waals surface area contributed by atoms with Gasteiger partial charge in [-0.05, 0) is 74.9 Å². The standard InChI is InChI=1S/C28H30F3N5O2/c1-18-7-8-22(36(21-9-10-21)27(38)28(29,30)31)17-23(18)35-16-15-33-25(26(35)37)34-24(19-5-3-2-4-6-19)20-11-13-32-14-12-20/h2-8,15-17,20-21,24,32H,9-14H2,1H3,(H,33,34). The third kappa shape index (κ3) is 5.45. The molecule has 1 amide bonds. The Morgan fingerprint density at radius 2 is 1.82 bits per heavy atom. The van der Waals surface area contributed by atoms with Crippen LogP contribution in [0.1, 0.15) is 42.9 Å². The van der Waals surface area contributed by atoms with E-state index in [2.05, 4.69) is 15.6 Å². The average molecular weight is 526 g/mol. The van der Waals surface area contributed by atoms with Crippen LogP contribution in [0.25, 0.3) is 5.69 Å². The third-order valence-corrected chi connectivity index (χ3v) is 7.25. The Morgan fingerprint density at radius 3 is 2.47 bits per heavy atom. The van der Waals surface area contributed by atoms with Gasteiger partial charge < -0.3 is 15.5 Å². The lowest BCUT2D eigenvalue weighted by atomic mass is 9.86. The Labute approximate surface area is 218 Å². The summed E-state index contributed by atoms with van der Waals surface area (Å²) in [6, 6.07) is 13.9. The Morgan fingerprint density at radius 1 is 1.11 bits per heavy atom. The first-order chi connectivity index (χ1) is 18.2. The van der Waals surface area contributed by atoms with Crippen LogP contribution in [0.2, 0.25) is 0 Å². The highest BCUT2D eigenvalue weighted by atomic mass is 19.4. The topological polar surface area (TPSA) is 79.3 Å². The molecule has 1 saturated heterocycles. The van der Waals surface area contributed by atoms with Gasteiger partial charge in [-0.25, -0.2) is 4.98 Å². The molecule has 1 aliphatic heterocycles. The Balaban J connectivity index is 1.51. The molecule has 1 saturated carbocycles. The zero-order valence-electron chi connectivity index (χ0n) is 21.0. The molecule has 200 valence electrons. The molecule has 10 heteroatoms. The second-order valence-electron chi connectivity index (χ2n) is 9.95. The van der Waals surface area contributed by atoms with Crippen molar-refractivity contribution in [2.24, 2.45) is 5.92 Å². The highest BCUT2D eigenvalue weighted by molar-refractivity contribution is 5.98. The van der Waals surface area contributed by atoms with E-state index in [0.29, 0.717) is 30.0 Å². The van der Waals surface area contributed by atoms with E-state index in [9.17, 15) is 22.8 Å². The van der Waals surface area contributed by atoms with Gasteiger partial charge in [0.05, 0.1) is 11.7 Å². The maximum atomic E-state index is 13.7. The number of amides is 1. The summed E-state index contributed by atoms with van der Waals surface area (Å²) in [5.74, 6) is -1.44. The molecule has 1 unspecified atom stereocenters. The lowest BCUT2D eigenvalue weighted by molar-refractivity contribution is -0.170. The summed E-state index contributed by atoms with van der Waals surface area (Å²) in [4.78, 5) is 31.0. The molecule has 38 heavy (non-hydrogen) atoms. The van der Waals surface area contributed by atoms with Crippen molar-refractivity contribution in [3.63, 3.8) is 0 Å². The summed E-state index contributed by atoms with van der Waals surface area (Å²) in [5.41, 5.74) is 1.84. The third-order valence-electron chi connectivity index (χ3n) is 7.25. The molecule has 0 spiro atoms. The van der Waals surface area contributed by atoms with Gasteiger partial charge in [-0.3, -0.25) is 14.2 Å². The van der Waals surface area contributed by atoms with E-state index in [4.69, 9.17) is 0 Å². The van der Waals surface area contributed by atoms with Gasteiger partial charge in [0.2, 0.25) is 0 Å². The second kappa shape index (κ2) is 10.6. The molecule has 2 aliphatic rings. The number of carbonyl (C=O) groups is 1. The summed E-state index contributed by atoms with van der Waals surface area (Å²) in [5, 5.41) is 6.75. The summed E-state index contributed by atoms with van der Waals surface area (Å²) in [7, 11) is 0. The van der Waals surface area contributed by atoms with E-state index in [1.54, 1.807) is 13.0 Å². The minimum atomic E-state index is -4.99. The molecule has 3 aromatic rings. The predicted octanol–water partition coefficient (Wildman–Crippen LogP) is 4.75. The molecular formula is C28H30F3N5O2. The van der Waals surface area contributed by atoms with Crippen LogP contribution in [0, 0.1) is 12.8 Å². The summed E-state index contributed by atoms with van der Waals surface area (Å²) < 4.78 is 41.4. The first-order valence-electron chi connectivity index (χ1n) is 12.9. The predicted molar refractivity (Wildman–Crippen MR) is 140 cm³/mol. The molecule has 1 aromatic heterocycles. The number of hydrogen-bond donors (Lipinski definition) is 2. The lowest BCUT2D eigenvalue weighted by Gasteiger charge is -2.32. The quantitative estimate of drug-likeness (QED) is 0.466. The van der Waals surface area contributed by atoms with Crippen molar-refractivity contribution in [3.8, 4) is 5.69 Å². The van der Waals surface area contributed by atoms with Crippen molar-refractivity contribution in [1.29, 1.82) is 0 Å². The number of halogens is 3. The van der Waals surface area contributed by atoms with Gasteiger partial charge in [-0.1, -0.05) is 36.4 Å². The van der Waals surface area contributed by atoms with Crippen LogP contribution in [-0.2, 0) is 4.79 Å². The SMILES string of the molecule is Cc1ccc(N(C(=O)C(F)(F)F)C2CC2)cc1-n1ccnc(NC(c2ccccc2)C2CCNCC2)c1=O. The van der Waals surface area contributed by atoms with E-state index in [1.807, 2.05) is 30.3 Å². The Kier molecular flexibility index (Phi) is 7.25. The van der Waals surface area contributed by atoms with Gasteiger partial charge in [0.25, 0.3) is 5.56 Å². The zero-order chi connectivity index (χ0) is 26.9. The molecule has 5 rings (SSSR count). The highest BCUT2D eigenvalue weighted by Gasteiger charge is 2.47. The van der Waals surface area contributed by atoms with Crippen molar-refractivity contribution in [3.05, 3.63) is 82.4 Å². The van der Waals surface area contributed by atoms with E-state index >= 15 is 0 Å². The molecule has 0 radical (unpaired) electrons. The normalized spacial score (nSPS) is 17.2. The van der Waals surface area contributed by atoms with E-state index in [0.717, 1.165) is 36.4 Å². The van der Waals surface area contributed by atoms with Gasteiger partial charge in [0.1, 0.15) is 0 Å². The highest BCUT2D eigenvalue weighted by Crippen LogP contribution is 2.36. The summed E-state index contributed by atoms with van der Waals surface area (Å²) in [6.07, 6.45) is 0.906. The van der Waals surface area contributed by atoms with E-state index in [-0.39, 0.29) is 17.5 Å². The van der Waals surface area contributed by atoms with Gasteiger partial charge in [0, 0.05) is 24.1 Å². The smallest absolute Gasteiger partial charge is 0.358 e. The molecule has 0 bridgehead atoms. The van der Waals surface area contributed by atoms with Crippen LogP contribution < -0.4 is 21.1 Å². The maximum absolute atomic E-state index is 13.7. The summed E-state index contributed by atoms with van der Waals surface area (Å²) in [6.45, 7) is 3.55. The Bertz CT molecular complexity index is 1350. The molecule has 2 heterocycles. The van der Waals surface area contributed by atoms with Crippen molar-refractivity contribution in [2.45, 2.75) is 50.9 Å².